The van der Waals surface area contributed by atoms with Crippen molar-refractivity contribution >= 4 is 56.2 Å². The van der Waals surface area contributed by atoms with Gasteiger partial charge in [-0.15, -0.1) is 11.3 Å². The number of esters is 1. The Morgan fingerprint density at radius 2 is 1.86 bits per heavy atom. The molecule has 8 heteroatoms. The molecule has 2 aromatic heterocycles. The molecule has 1 aliphatic rings. The van der Waals surface area contributed by atoms with Crippen molar-refractivity contribution in [3.63, 3.8) is 0 Å². The number of thiophene rings is 1. The number of nitrogens with one attached hydrogen (secondary N) is 2. The minimum absolute atomic E-state index is 0.278. The zero-order valence-electron chi connectivity index (χ0n) is 20.4. The van der Waals surface area contributed by atoms with Crippen LogP contribution in [-0.4, -0.2) is 27.5 Å². The molecule has 0 bridgehead atoms. The van der Waals surface area contributed by atoms with Crippen LogP contribution in [0.1, 0.15) is 59.0 Å². The second kappa shape index (κ2) is 11.2. The molecule has 36 heavy (non-hydrogen) atoms. The lowest BCUT2D eigenvalue weighted by molar-refractivity contribution is 0.0526. The molecule has 0 spiro atoms. The van der Waals surface area contributed by atoms with E-state index in [1.165, 1.54) is 34.1 Å². The Bertz CT molecular complexity index is 1390. The van der Waals surface area contributed by atoms with Crippen LogP contribution in [0.25, 0.3) is 10.8 Å². The van der Waals surface area contributed by atoms with E-state index in [0.29, 0.717) is 29.6 Å². The van der Waals surface area contributed by atoms with E-state index in [1.54, 1.807) is 11.3 Å². The van der Waals surface area contributed by atoms with Crippen LogP contribution >= 0.6 is 23.6 Å². The van der Waals surface area contributed by atoms with E-state index in [1.807, 2.05) is 23.9 Å². The lowest BCUT2D eigenvalue weighted by atomic mass is 9.96. The number of hydrogen-bond donors (Lipinski definition) is 2. The Labute approximate surface area is 220 Å². The maximum atomic E-state index is 12.9. The molecule has 4 aromatic rings. The van der Waals surface area contributed by atoms with Gasteiger partial charge in [0.1, 0.15) is 5.00 Å². The number of anilines is 2. The highest BCUT2D eigenvalue weighted by Crippen LogP contribution is 2.37. The van der Waals surface area contributed by atoms with Crippen LogP contribution in [0, 0.1) is 0 Å². The molecule has 186 valence electrons. The highest BCUT2D eigenvalue weighted by Gasteiger charge is 2.25. The van der Waals surface area contributed by atoms with Gasteiger partial charge in [0.05, 0.1) is 18.7 Å². The van der Waals surface area contributed by atoms with Gasteiger partial charge < -0.3 is 15.4 Å². The molecule has 5 rings (SSSR count). The third-order valence-corrected chi connectivity index (χ3v) is 7.88. The Kier molecular flexibility index (Phi) is 7.63. The summed E-state index contributed by atoms with van der Waals surface area (Å²) < 4.78 is 7.30. The van der Waals surface area contributed by atoms with Gasteiger partial charge in [-0.3, -0.25) is 4.68 Å². The summed E-state index contributed by atoms with van der Waals surface area (Å²) in [5.41, 5.74) is 2.98. The average Bonchev–Trinajstić information content (AvgIpc) is 3.43. The van der Waals surface area contributed by atoms with E-state index in [4.69, 9.17) is 17.0 Å². The van der Waals surface area contributed by atoms with E-state index in [-0.39, 0.29) is 5.97 Å². The first-order valence-corrected chi connectivity index (χ1v) is 13.7. The van der Waals surface area contributed by atoms with Gasteiger partial charge in [-0.05, 0) is 66.7 Å². The molecule has 0 radical (unpaired) electrons. The Morgan fingerprint density at radius 1 is 1.06 bits per heavy atom. The van der Waals surface area contributed by atoms with Crippen LogP contribution < -0.4 is 10.6 Å². The van der Waals surface area contributed by atoms with Crippen molar-refractivity contribution in [1.29, 1.82) is 0 Å². The fourth-order valence-corrected chi connectivity index (χ4v) is 6.35. The molecule has 0 saturated heterocycles. The van der Waals surface area contributed by atoms with Crippen LogP contribution in [0.3, 0.4) is 0 Å². The first-order valence-electron chi connectivity index (χ1n) is 12.5. The van der Waals surface area contributed by atoms with Crippen molar-refractivity contribution in [2.24, 2.45) is 0 Å². The SMILES string of the molecule is CCOC(=O)c1c(NC(=S)Nc2ccn(Cc3cccc4ccccc34)n2)sc2c1CCCCCC2. The Morgan fingerprint density at radius 3 is 2.72 bits per heavy atom. The zero-order valence-corrected chi connectivity index (χ0v) is 22.0. The Hall–Kier alpha value is -3.23. The number of carbonyl (C=O) groups is 1. The summed E-state index contributed by atoms with van der Waals surface area (Å²) >= 11 is 7.23. The molecular formula is C28H30N4O2S2. The van der Waals surface area contributed by atoms with Crippen molar-refractivity contribution in [2.75, 3.05) is 17.2 Å². The van der Waals surface area contributed by atoms with Gasteiger partial charge in [0.15, 0.2) is 10.9 Å². The van der Waals surface area contributed by atoms with E-state index < -0.39 is 0 Å². The molecule has 0 saturated carbocycles. The number of rotatable bonds is 6. The lowest BCUT2D eigenvalue weighted by Gasteiger charge is -2.12. The second-order valence-electron chi connectivity index (χ2n) is 8.96. The predicted molar refractivity (Wildman–Crippen MR) is 151 cm³/mol. The quantitative estimate of drug-likeness (QED) is 0.216. The molecule has 2 aromatic carbocycles. The number of nitrogens with zero attached hydrogens (tertiary/aromatic N) is 2. The second-order valence-corrected chi connectivity index (χ2v) is 10.5. The molecule has 2 N–H and O–H groups in total. The molecule has 0 aliphatic heterocycles. The summed E-state index contributed by atoms with van der Waals surface area (Å²) in [6, 6.07) is 16.6. The van der Waals surface area contributed by atoms with Gasteiger partial charge in [0, 0.05) is 17.1 Å². The number of benzene rings is 2. The normalized spacial score (nSPS) is 13.5. The van der Waals surface area contributed by atoms with E-state index in [0.717, 1.165) is 36.2 Å². The number of aryl methyl sites for hydroxylation is 1. The van der Waals surface area contributed by atoms with E-state index in [9.17, 15) is 4.79 Å². The topological polar surface area (TPSA) is 68.2 Å². The number of hydrogen-bond acceptors (Lipinski definition) is 5. The van der Waals surface area contributed by atoms with Crippen LogP contribution in [0.15, 0.2) is 54.7 Å². The van der Waals surface area contributed by atoms with Gasteiger partial charge in [-0.1, -0.05) is 55.3 Å². The number of ether oxygens (including phenoxy) is 1. The van der Waals surface area contributed by atoms with Gasteiger partial charge in [0.25, 0.3) is 0 Å². The fourth-order valence-electron chi connectivity index (χ4n) is 4.80. The van der Waals surface area contributed by atoms with Crippen molar-refractivity contribution in [3.8, 4) is 0 Å². The first-order chi connectivity index (χ1) is 17.6. The summed E-state index contributed by atoms with van der Waals surface area (Å²) in [4.78, 5) is 14.1. The Balaban J connectivity index is 1.31. The lowest BCUT2D eigenvalue weighted by Crippen LogP contribution is -2.21. The van der Waals surface area contributed by atoms with Crippen molar-refractivity contribution in [3.05, 3.63) is 76.3 Å². The summed E-state index contributed by atoms with van der Waals surface area (Å²) in [5.74, 6) is 0.376. The molecule has 1 aliphatic carbocycles. The average molecular weight is 519 g/mol. The number of aromatic nitrogens is 2. The van der Waals surface area contributed by atoms with Crippen LogP contribution in [0.2, 0.25) is 0 Å². The van der Waals surface area contributed by atoms with Crippen molar-refractivity contribution < 1.29 is 9.53 Å². The fraction of sp³-hybridized carbons (Fsp3) is 0.321. The standard InChI is InChI=1S/C28H30N4O2S2/c1-2-34-27(33)25-22-14-5-3-4-6-15-23(22)36-26(25)30-28(35)29-24-16-17-32(31-24)18-20-12-9-11-19-10-7-8-13-21(19)20/h7-13,16-17H,2-6,14-15,18H2,1H3,(H2,29,30,31,35). The maximum absolute atomic E-state index is 12.9. The highest BCUT2D eigenvalue weighted by molar-refractivity contribution is 7.80. The van der Waals surface area contributed by atoms with Gasteiger partial charge in [0.2, 0.25) is 0 Å². The van der Waals surface area contributed by atoms with Crippen molar-refractivity contribution in [1.82, 2.24) is 9.78 Å². The van der Waals surface area contributed by atoms with Gasteiger partial charge in [-0.2, -0.15) is 5.10 Å². The molecular weight excluding hydrogens is 488 g/mol. The zero-order chi connectivity index (χ0) is 24.9. The first kappa shape index (κ1) is 24.5. The van der Waals surface area contributed by atoms with Gasteiger partial charge in [-0.25, -0.2) is 4.79 Å². The maximum Gasteiger partial charge on any atom is 0.341 e. The largest absolute Gasteiger partial charge is 0.462 e. The third-order valence-electron chi connectivity index (χ3n) is 6.47. The van der Waals surface area contributed by atoms with Crippen LogP contribution in [0.4, 0.5) is 10.8 Å². The van der Waals surface area contributed by atoms with E-state index in [2.05, 4.69) is 58.2 Å². The smallest absolute Gasteiger partial charge is 0.341 e. The van der Waals surface area contributed by atoms with Gasteiger partial charge >= 0.3 is 5.97 Å². The van der Waals surface area contributed by atoms with E-state index >= 15 is 0 Å². The molecule has 0 amide bonds. The summed E-state index contributed by atoms with van der Waals surface area (Å²) in [6.07, 6.45) is 8.50. The highest BCUT2D eigenvalue weighted by atomic mass is 32.1. The molecule has 6 nitrogen and oxygen atoms in total. The summed E-state index contributed by atoms with van der Waals surface area (Å²) in [7, 11) is 0. The molecule has 2 heterocycles. The third kappa shape index (κ3) is 5.44. The summed E-state index contributed by atoms with van der Waals surface area (Å²) in [5, 5.41) is 14.7. The number of fused-ring (bicyclic) bond motifs is 2. The minimum Gasteiger partial charge on any atom is -0.462 e. The number of thiocarbonyl (C=S) groups is 1. The van der Waals surface area contributed by atoms with Crippen molar-refractivity contribution in [2.45, 2.75) is 52.0 Å². The molecule has 0 atom stereocenters. The number of carbonyl (C=O) groups excluding carboxylic acids is 1. The summed E-state index contributed by atoms with van der Waals surface area (Å²) in [6.45, 7) is 2.84. The van der Waals surface area contributed by atoms with Crippen LogP contribution in [0.5, 0.6) is 0 Å². The molecule has 0 unspecified atom stereocenters. The predicted octanol–water partition coefficient (Wildman–Crippen LogP) is 6.79. The monoisotopic (exact) mass is 518 g/mol. The molecule has 0 fully saturated rings. The van der Waals surface area contributed by atoms with Crippen LogP contribution in [-0.2, 0) is 24.1 Å². The minimum atomic E-state index is -0.278.